The van der Waals surface area contributed by atoms with Gasteiger partial charge in [-0.25, -0.2) is 9.37 Å². The Morgan fingerprint density at radius 3 is 2.79 bits per heavy atom. The predicted octanol–water partition coefficient (Wildman–Crippen LogP) is 3.48. The Morgan fingerprint density at radius 2 is 2.12 bits per heavy atom. The first-order valence-electron chi connectivity index (χ1n) is 6.52. The third-order valence-electron chi connectivity index (χ3n) is 2.69. The van der Waals surface area contributed by atoms with E-state index in [4.69, 9.17) is 4.74 Å². The predicted molar refractivity (Wildman–Crippen MR) is 79.6 cm³/mol. The van der Waals surface area contributed by atoms with E-state index < -0.39 is 31.1 Å². The molecule has 24 heavy (non-hydrogen) atoms. The highest BCUT2D eigenvalue weighted by molar-refractivity contribution is 7.14. The summed E-state index contributed by atoms with van der Waals surface area (Å²) in [6.45, 7) is -2.26. The number of ether oxygens (including phenoxy) is 2. The minimum absolute atomic E-state index is 0.150. The van der Waals surface area contributed by atoms with Crippen LogP contribution in [0.1, 0.15) is 0 Å². The first-order chi connectivity index (χ1) is 11.3. The molecule has 0 aliphatic rings. The average molecular weight is 364 g/mol. The van der Waals surface area contributed by atoms with Crippen LogP contribution < -0.4 is 10.1 Å². The van der Waals surface area contributed by atoms with Crippen LogP contribution in [0.3, 0.4) is 0 Å². The fourth-order valence-corrected chi connectivity index (χ4v) is 2.48. The van der Waals surface area contributed by atoms with E-state index in [-0.39, 0.29) is 5.13 Å². The summed E-state index contributed by atoms with van der Waals surface area (Å²) in [4.78, 5) is 15.6. The fourth-order valence-electron chi connectivity index (χ4n) is 1.75. The maximum absolute atomic E-state index is 13.4. The second-order valence-electron chi connectivity index (χ2n) is 4.54. The molecule has 0 unspecified atom stereocenters. The molecule has 0 radical (unpaired) electrons. The van der Waals surface area contributed by atoms with Gasteiger partial charge in [-0.1, -0.05) is 0 Å². The summed E-state index contributed by atoms with van der Waals surface area (Å²) in [6, 6.07) is 3.90. The Hall–Kier alpha value is -2.20. The number of thiazole rings is 1. The molecule has 2 rings (SSSR count). The Balaban J connectivity index is 2.01. The smallest absolute Gasteiger partial charge is 0.411 e. The van der Waals surface area contributed by atoms with Crippen molar-refractivity contribution in [1.29, 1.82) is 0 Å². The number of halogens is 4. The topological polar surface area (TPSA) is 60.5 Å². The summed E-state index contributed by atoms with van der Waals surface area (Å²) in [5.41, 5.74) is 0.755. The van der Waals surface area contributed by atoms with Crippen molar-refractivity contribution in [3.05, 3.63) is 29.4 Å². The van der Waals surface area contributed by atoms with Crippen LogP contribution in [0.25, 0.3) is 11.3 Å². The molecule has 0 aliphatic carbocycles. The number of rotatable bonds is 6. The number of anilines is 1. The molecule has 0 saturated heterocycles. The maximum Gasteiger partial charge on any atom is 0.411 e. The minimum Gasteiger partial charge on any atom is -0.496 e. The molecular weight excluding hydrogens is 352 g/mol. The number of aromatic nitrogens is 1. The van der Waals surface area contributed by atoms with Crippen LogP contribution in [-0.2, 0) is 9.53 Å². The van der Waals surface area contributed by atoms with Crippen molar-refractivity contribution in [3.63, 3.8) is 0 Å². The zero-order chi connectivity index (χ0) is 17.7. The fraction of sp³-hybridized carbons (Fsp3) is 0.286. The molecule has 0 saturated carbocycles. The second-order valence-corrected chi connectivity index (χ2v) is 5.40. The quantitative estimate of drug-likeness (QED) is 0.798. The molecule has 0 atom stereocenters. The molecule has 10 heteroatoms. The van der Waals surface area contributed by atoms with E-state index in [1.54, 1.807) is 5.38 Å². The first-order valence-corrected chi connectivity index (χ1v) is 7.40. The molecule has 1 aromatic carbocycles. The molecule has 1 amide bonds. The van der Waals surface area contributed by atoms with Crippen molar-refractivity contribution in [2.75, 3.05) is 25.6 Å². The van der Waals surface area contributed by atoms with Crippen LogP contribution >= 0.6 is 11.3 Å². The van der Waals surface area contributed by atoms with E-state index >= 15 is 0 Å². The van der Waals surface area contributed by atoms with Gasteiger partial charge in [-0.05, 0) is 18.2 Å². The van der Waals surface area contributed by atoms with Gasteiger partial charge in [-0.3, -0.25) is 10.1 Å². The lowest BCUT2D eigenvalue weighted by atomic mass is 10.1. The molecule has 130 valence electrons. The Labute approximate surface area is 138 Å². The number of benzene rings is 1. The zero-order valence-corrected chi connectivity index (χ0v) is 13.1. The third kappa shape index (κ3) is 5.17. The van der Waals surface area contributed by atoms with E-state index in [2.05, 4.69) is 15.0 Å². The summed E-state index contributed by atoms with van der Waals surface area (Å²) < 4.78 is 58.5. The molecule has 0 spiro atoms. The Kier molecular flexibility index (Phi) is 5.73. The number of alkyl halides is 3. The number of nitrogens with one attached hydrogen (secondary N) is 1. The molecule has 1 aromatic heterocycles. The molecular formula is C14H12F4N2O3S. The number of hydrogen-bond acceptors (Lipinski definition) is 5. The molecule has 0 fully saturated rings. The highest BCUT2D eigenvalue weighted by Gasteiger charge is 2.27. The molecule has 0 aliphatic heterocycles. The SMILES string of the molecule is COc1ccc(F)cc1-c1csc(NC(=O)COCC(F)(F)F)n1. The van der Waals surface area contributed by atoms with E-state index in [9.17, 15) is 22.4 Å². The van der Waals surface area contributed by atoms with Gasteiger partial charge in [0.15, 0.2) is 5.13 Å². The van der Waals surface area contributed by atoms with Gasteiger partial charge in [0.2, 0.25) is 0 Å². The van der Waals surface area contributed by atoms with Crippen molar-refractivity contribution < 1.29 is 31.8 Å². The number of nitrogens with zero attached hydrogens (tertiary/aromatic N) is 1. The number of methoxy groups -OCH3 is 1. The van der Waals surface area contributed by atoms with Gasteiger partial charge < -0.3 is 9.47 Å². The zero-order valence-electron chi connectivity index (χ0n) is 12.3. The van der Waals surface area contributed by atoms with Crippen LogP contribution in [0, 0.1) is 5.82 Å². The van der Waals surface area contributed by atoms with Crippen molar-refractivity contribution in [2.24, 2.45) is 0 Å². The number of amides is 1. The Morgan fingerprint density at radius 1 is 1.38 bits per heavy atom. The minimum atomic E-state index is -4.50. The molecule has 1 N–H and O–H groups in total. The van der Waals surface area contributed by atoms with Gasteiger partial charge in [-0.2, -0.15) is 13.2 Å². The second kappa shape index (κ2) is 7.58. The van der Waals surface area contributed by atoms with Gasteiger partial charge in [0.05, 0.1) is 12.8 Å². The Bertz CT molecular complexity index is 718. The third-order valence-corrected chi connectivity index (χ3v) is 3.44. The van der Waals surface area contributed by atoms with Crippen molar-refractivity contribution >= 4 is 22.4 Å². The first kappa shape index (κ1) is 18.1. The van der Waals surface area contributed by atoms with Crippen LogP contribution in [0.4, 0.5) is 22.7 Å². The summed E-state index contributed by atoms with van der Waals surface area (Å²) >= 11 is 1.04. The monoisotopic (exact) mass is 364 g/mol. The van der Waals surface area contributed by atoms with Gasteiger partial charge >= 0.3 is 6.18 Å². The lowest BCUT2D eigenvalue weighted by molar-refractivity contribution is -0.174. The lowest BCUT2D eigenvalue weighted by Crippen LogP contribution is -2.23. The summed E-state index contributed by atoms with van der Waals surface area (Å²) in [6.07, 6.45) is -4.50. The number of carbonyl (C=O) groups excluding carboxylic acids is 1. The van der Waals surface area contributed by atoms with Gasteiger partial charge in [-0.15, -0.1) is 11.3 Å². The van der Waals surface area contributed by atoms with Crippen LogP contribution in [0.5, 0.6) is 5.75 Å². The highest BCUT2D eigenvalue weighted by Crippen LogP contribution is 2.32. The maximum atomic E-state index is 13.4. The van der Waals surface area contributed by atoms with Gasteiger partial charge in [0, 0.05) is 10.9 Å². The summed E-state index contributed by atoms with van der Waals surface area (Å²) in [5, 5.41) is 4.02. The molecule has 5 nitrogen and oxygen atoms in total. The van der Waals surface area contributed by atoms with E-state index in [0.29, 0.717) is 17.0 Å². The van der Waals surface area contributed by atoms with E-state index in [0.717, 1.165) is 11.3 Å². The van der Waals surface area contributed by atoms with Crippen LogP contribution in [0.2, 0.25) is 0 Å². The molecule has 2 aromatic rings. The van der Waals surface area contributed by atoms with Crippen molar-refractivity contribution in [2.45, 2.75) is 6.18 Å². The lowest BCUT2D eigenvalue weighted by Gasteiger charge is -2.07. The number of hydrogen-bond donors (Lipinski definition) is 1. The van der Waals surface area contributed by atoms with Gasteiger partial charge in [0.1, 0.15) is 24.8 Å². The number of carbonyl (C=O) groups is 1. The standard InChI is InChI=1S/C14H12F4N2O3S/c1-22-11-3-2-8(15)4-9(11)10-6-24-13(19-10)20-12(21)5-23-7-14(16,17)18/h2-4,6H,5,7H2,1H3,(H,19,20,21). The average Bonchev–Trinajstić information content (AvgIpc) is 2.94. The molecule has 0 bridgehead atoms. The summed E-state index contributed by atoms with van der Waals surface area (Å²) in [7, 11) is 1.42. The van der Waals surface area contributed by atoms with E-state index in [1.165, 1.54) is 25.3 Å². The van der Waals surface area contributed by atoms with Gasteiger partial charge in [0.25, 0.3) is 5.91 Å². The normalized spacial score (nSPS) is 11.4. The van der Waals surface area contributed by atoms with Crippen molar-refractivity contribution in [1.82, 2.24) is 4.98 Å². The van der Waals surface area contributed by atoms with Crippen molar-refractivity contribution in [3.8, 4) is 17.0 Å². The van der Waals surface area contributed by atoms with Crippen LogP contribution in [0.15, 0.2) is 23.6 Å². The summed E-state index contributed by atoms with van der Waals surface area (Å²) in [5.74, 6) is -0.857. The van der Waals surface area contributed by atoms with E-state index in [1.807, 2.05) is 0 Å². The molecule has 1 heterocycles. The largest absolute Gasteiger partial charge is 0.496 e. The van der Waals surface area contributed by atoms with Crippen LogP contribution in [-0.4, -0.2) is 37.4 Å². The highest BCUT2D eigenvalue weighted by atomic mass is 32.1.